The van der Waals surface area contributed by atoms with Crippen molar-refractivity contribution in [3.05, 3.63) is 47.5 Å². The van der Waals surface area contributed by atoms with Crippen LogP contribution in [0.2, 0.25) is 0 Å². The molecule has 0 saturated carbocycles. The van der Waals surface area contributed by atoms with Crippen molar-refractivity contribution in [2.75, 3.05) is 20.8 Å². The third-order valence-corrected chi connectivity index (χ3v) is 4.24. The Bertz CT molecular complexity index is 744. The molecule has 2 aromatic carbocycles. The summed E-state index contributed by atoms with van der Waals surface area (Å²) in [5.41, 5.74) is 0.163. The van der Waals surface area contributed by atoms with Crippen molar-refractivity contribution in [1.29, 1.82) is 0 Å². The molecule has 1 aliphatic rings. The Labute approximate surface area is 139 Å². The molecule has 6 nitrogen and oxygen atoms in total. The molecule has 2 aromatic rings. The Balaban J connectivity index is 1.93. The van der Waals surface area contributed by atoms with E-state index in [0.29, 0.717) is 17.1 Å². The molecule has 128 valence electrons. The highest BCUT2D eigenvalue weighted by Crippen LogP contribution is 2.43. The summed E-state index contributed by atoms with van der Waals surface area (Å²) in [7, 11) is 2.99. The van der Waals surface area contributed by atoms with Crippen molar-refractivity contribution in [3.8, 4) is 23.0 Å². The van der Waals surface area contributed by atoms with Gasteiger partial charge in [-0.15, -0.1) is 0 Å². The summed E-state index contributed by atoms with van der Waals surface area (Å²) in [4.78, 5) is 0. The Kier molecular flexibility index (Phi) is 4.26. The smallest absolute Gasteiger partial charge is 0.160 e. The van der Waals surface area contributed by atoms with Gasteiger partial charge in [0.15, 0.2) is 11.5 Å². The van der Waals surface area contributed by atoms with Gasteiger partial charge in [-0.1, -0.05) is 6.07 Å². The Hall–Kier alpha value is -2.44. The predicted octanol–water partition coefficient (Wildman–Crippen LogP) is 2.16. The van der Waals surface area contributed by atoms with E-state index in [0.717, 1.165) is 5.56 Å². The van der Waals surface area contributed by atoms with Crippen molar-refractivity contribution in [1.82, 2.24) is 0 Å². The van der Waals surface area contributed by atoms with Crippen LogP contribution in [-0.4, -0.2) is 41.7 Å². The van der Waals surface area contributed by atoms with E-state index in [4.69, 9.17) is 14.2 Å². The first-order valence-electron chi connectivity index (χ1n) is 7.53. The van der Waals surface area contributed by atoms with E-state index in [-0.39, 0.29) is 24.5 Å². The molecule has 0 saturated heterocycles. The molecule has 1 heterocycles. The topological polar surface area (TPSA) is 88.4 Å². The lowest BCUT2D eigenvalue weighted by Crippen LogP contribution is -2.48. The molecule has 0 aromatic heterocycles. The summed E-state index contributed by atoms with van der Waals surface area (Å²) in [6, 6.07) is 9.63. The molecule has 0 fully saturated rings. The van der Waals surface area contributed by atoms with E-state index < -0.39 is 11.7 Å². The molecule has 3 N–H and O–H groups in total. The fraction of sp³-hybridized carbons (Fsp3) is 0.333. The highest BCUT2D eigenvalue weighted by atomic mass is 16.5. The van der Waals surface area contributed by atoms with Crippen LogP contribution in [0.4, 0.5) is 0 Å². The van der Waals surface area contributed by atoms with Crippen LogP contribution < -0.4 is 9.47 Å². The number of hydrogen-bond donors (Lipinski definition) is 3. The van der Waals surface area contributed by atoms with Crippen LogP contribution in [0.25, 0.3) is 0 Å². The number of methoxy groups -OCH3 is 2. The summed E-state index contributed by atoms with van der Waals surface area (Å²) in [6.07, 6.45) is -0.357. The monoisotopic (exact) mass is 332 g/mol. The molecule has 0 unspecified atom stereocenters. The van der Waals surface area contributed by atoms with E-state index >= 15 is 0 Å². The molecule has 0 bridgehead atoms. The SMILES string of the molecule is COc1cc(C[C@@]2(O)COc3cc(O)ccc3[C@H]2OC)ccc1O. The molecule has 0 spiro atoms. The summed E-state index contributed by atoms with van der Waals surface area (Å²) < 4.78 is 16.3. The van der Waals surface area contributed by atoms with Crippen LogP contribution in [0.3, 0.4) is 0 Å². The van der Waals surface area contributed by atoms with Crippen LogP contribution in [0.15, 0.2) is 36.4 Å². The highest BCUT2D eigenvalue weighted by Gasteiger charge is 2.44. The molecule has 1 aliphatic heterocycles. The van der Waals surface area contributed by atoms with Crippen molar-refractivity contribution in [2.45, 2.75) is 18.1 Å². The van der Waals surface area contributed by atoms with E-state index in [1.807, 2.05) is 0 Å². The van der Waals surface area contributed by atoms with E-state index in [9.17, 15) is 15.3 Å². The van der Waals surface area contributed by atoms with Crippen LogP contribution in [0.1, 0.15) is 17.2 Å². The van der Waals surface area contributed by atoms with Gasteiger partial charge in [-0.2, -0.15) is 0 Å². The van der Waals surface area contributed by atoms with Crippen molar-refractivity contribution in [3.63, 3.8) is 0 Å². The number of aliphatic hydroxyl groups is 1. The second-order valence-corrected chi connectivity index (χ2v) is 5.91. The van der Waals surface area contributed by atoms with Crippen molar-refractivity contribution < 1.29 is 29.5 Å². The zero-order valence-corrected chi connectivity index (χ0v) is 13.5. The van der Waals surface area contributed by atoms with Gasteiger partial charge in [0.2, 0.25) is 0 Å². The minimum Gasteiger partial charge on any atom is -0.508 e. The van der Waals surface area contributed by atoms with Gasteiger partial charge < -0.3 is 29.5 Å². The standard InChI is InChI=1S/C18H20O6/c1-22-16-7-11(3-6-14(16)20)9-18(21)10-24-15-8-12(19)4-5-13(15)17(18)23-2/h3-8,17,19-21H,9-10H2,1-2H3/t17-,18-/m1/s1. The zero-order chi connectivity index (χ0) is 17.3. The van der Waals surface area contributed by atoms with Gasteiger partial charge in [0.1, 0.15) is 29.8 Å². The molecule has 0 aliphatic carbocycles. The van der Waals surface area contributed by atoms with Gasteiger partial charge >= 0.3 is 0 Å². The van der Waals surface area contributed by atoms with Gasteiger partial charge in [-0.3, -0.25) is 0 Å². The van der Waals surface area contributed by atoms with E-state index in [2.05, 4.69) is 0 Å². The number of hydrogen-bond acceptors (Lipinski definition) is 6. The lowest BCUT2D eigenvalue weighted by molar-refractivity contribution is -0.129. The van der Waals surface area contributed by atoms with E-state index in [1.165, 1.54) is 32.4 Å². The highest BCUT2D eigenvalue weighted by molar-refractivity contribution is 5.46. The Morgan fingerprint density at radius 2 is 1.96 bits per heavy atom. The Morgan fingerprint density at radius 3 is 2.67 bits per heavy atom. The zero-order valence-electron chi connectivity index (χ0n) is 13.5. The number of benzene rings is 2. The normalized spacial score (nSPS) is 22.5. The van der Waals surface area contributed by atoms with Gasteiger partial charge in [-0.25, -0.2) is 0 Å². The van der Waals surface area contributed by atoms with Gasteiger partial charge in [0.05, 0.1) is 7.11 Å². The summed E-state index contributed by atoms with van der Waals surface area (Å²) >= 11 is 0. The predicted molar refractivity (Wildman–Crippen MR) is 86.7 cm³/mol. The molecule has 6 heteroatoms. The molecule has 0 amide bonds. The summed E-state index contributed by atoms with van der Waals surface area (Å²) in [5, 5.41) is 30.4. The number of phenols is 2. The minimum atomic E-state index is -1.29. The number of aromatic hydroxyl groups is 2. The van der Waals surface area contributed by atoms with Gasteiger partial charge in [-0.05, 0) is 29.8 Å². The molecule has 0 radical (unpaired) electrons. The maximum atomic E-state index is 11.1. The van der Waals surface area contributed by atoms with Crippen molar-refractivity contribution >= 4 is 0 Å². The molecular formula is C18H20O6. The maximum absolute atomic E-state index is 11.1. The number of ether oxygens (including phenoxy) is 3. The molecule has 24 heavy (non-hydrogen) atoms. The van der Waals surface area contributed by atoms with Crippen LogP contribution >= 0.6 is 0 Å². The second-order valence-electron chi connectivity index (χ2n) is 5.91. The Morgan fingerprint density at radius 1 is 1.17 bits per heavy atom. The lowest BCUT2D eigenvalue weighted by atomic mass is 9.83. The van der Waals surface area contributed by atoms with Crippen molar-refractivity contribution in [2.24, 2.45) is 0 Å². The van der Waals surface area contributed by atoms with Crippen LogP contribution in [-0.2, 0) is 11.2 Å². The molecular weight excluding hydrogens is 312 g/mol. The number of phenolic OH excluding ortho intramolecular Hbond substituents is 2. The fourth-order valence-corrected chi connectivity index (χ4v) is 3.11. The third kappa shape index (κ3) is 2.86. The first-order valence-corrected chi connectivity index (χ1v) is 7.53. The van der Waals surface area contributed by atoms with Crippen LogP contribution in [0.5, 0.6) is 23.0 Å². The van der Waals surface area contributed by atoms with Gasteiger partial charge in [0, 0.05) is 25.2 Å². The fourth-order valence-electron chi connectivity index (χ4n) is 3.11. The number of rotatable bonds is 4. The first-order chi connectivity index (χ1) is 11.5. The van der Waals surface area contributed by atoms with Crippen LogP contribution in [0, 0.1) is 0 Å². The molecule has 2 atom stereocenters. The van der Waals surface area contributed by atoms with Gasteiger partial charge in [0.25, 0.3) is 0 Å². The second kappa shape index (κ2) is 6.22. The maximum Gasteiger partial charge on any atom is 0.160 e. The average Bonchev–Trinajstić information content (AvgIpc) is 2.56. The molecule has 3 rings (SSSR count). The summed E-state index contributed by atoms with van der Waals surface area (Å²) in [5.74, 6) is 0.969. The first kappa shape index (κ1) is 16.4. The average molecular weight is 332 g/mol. The summed E-state index contributed by atoms with van der Waals surface area (Å²) in [6.45, 7) is 0.0190. The van der Waals surface area contributed by atoms with E-state index in [1.54, 1.807) is 18.2 Å². The quantitative estimate of drug-likeness (QED) is 0.795. The number of fused-ring (bicyclic) bond motifs is 1. The third-order valence-electron chi connectivity index (χ3n) is 4.24. The lowest BCUT2D eigenvalue weighted by Gasteiger charge is -2.40. The largest absolute Gasteiger partial charge is 0.508 e. The minimum absolute atomic E-state index is 0.0190.